The van der Waals surface area contributed by atoms with Gasteiger partial charge in [-0.25, -0.2) is 4.98 Å². The van der Waals surface area contributed by atoms with Crippen molar-refractivity contribution in [3.63, 3.8) is 0 Å². The van der Waals surface area contributed by atoms with Crippen LogP contribution in [0.1, 0.15) is 10.4 Å². The van der Waals surface area contributed by atoms with Crippen molar-refractivity contribution in [2.24, 2.45) is 0 Å². The molecule has 0 spiro atoms. The van der Waals surface area contributed by atoms with Gasteiger partial charge in [0.15, 0.2) is 0 Å². The van der Waals surface area contributed by atoms with E-state index in [1.54, 1.807) is 12.1 Å². The van der Waals surface area contributed by atoms with Crippen molar-refractivity contribution in [3.8, 4) is 5.75 Å². The Labute approximate surface area is 112 Å². The first kappa shape index (κ1) is 12.4. The number of aromatic hydroxyl groups is 1. The first-order valence-electron chi connectivity index (χ1n) is 5.07. The standard InChI is InChI=1S/C12H10BrN3O2/c13-11-4-1-7(6-15-11)16-12(18)9-5-8(17)2-3-10(9)14/h1-6,17H,14H2,(H,16,18). The third-order valence-electron chi connectivity index (χ3n) is 2.27. The number of nitrogens with two attached hydrogens (primary N) is 1. The molecule has 4 N–H and O–H groups in total. The van der Waals surface area contributed by atoms with E-state index in [1.807, 2.05) is 0 Å². The Morgan fingerprint density at radius 1 is 1.33 bits per heavy atom. The van der Waals surface area contributed by atoms with Crippen molar-refractivity contribution in [1.29, 1.82) is 0 Å². The lowest BCUT2D eigenvalue weighted by Gasteiger charge is -2.07. The number of carbonyl (C=O) groups excluding carboxylic acids is 1. The van der Waals surface area contributed by atoms with Gasteiger partial charge < -0.3 is 16.2 Å². The summed E-state index contributed by atoms with van der Waals surface area (Å²) in [5, 5.41) is 12.0. The summed E-state index contributed by atoms with van der Waals surface area (Å²) in [7, 11) is 0. The predicted octanol–water partition coefficient (Wildman–Crippen LogP) is 2.38. The van der Waals surface area contributed by atoms with E-state index in [0.29, 0.717) is 16.0 Å². The summed E-state index contributed by atoms with van der Waals surface area (Å²) in [4.78, 5) is 15.9. The van der Waals surface area contributed by atoms with Gasteiger partial charge in [0.2, 0.25) is 0 Å². The first-order valence-corrected chi connectivity index (χ1v) is 5.87. The second kappa shape index (κ2) is 5.05. The summed E-state index contributed by atoms with van der Waals surface area (Å²) >= 11 is 3.20. The van der Waals surface area contributed by atoms with E-state index in [2.05, 4.69) is 26.2 Å². The van der Waals surface area contributed by atoms with Crippen molar-refractivity contribution in [3.05, 3.63) is 46.7 Å². The van der Waals surface area contributed by atoms with Crippen LogP contribution in [0.3, 0.4) is 0 Å². The number of nitrogen functional groups attached to an aromatic ring is 1. The summed E-state index contributed by atoms with van der Waals surface area (Å²) in [6, 6.07) is 7.63. The van der Waals surface area contributed by atoms with Crippen molar-refractivity contribution in [2.75, 3.05) is 11.1 Å². The minimum atomic E-state index is -0.396. The van der Waals surface area contributed by atoms with Gasteiger partial charge in [0, 0.05) is 5.69 Å². The van der Waals surface area contributed by atoms with Gasteiger partial charge >= 0.3 is 0 Å². The molecule has 0 aliphatic carbocycles. The molecule has 1 heterocycles. The molecule has 2 aromatic rings. The number of rotatable bonds is 2. The van der Waals surface area contributed by atoms with E-state index in [1.165, 1.54) is 24.4 Å². The topological polar surface area (TPSA) is 88.2 Å². The molecule has 5 nitrogen and oxygen atoms in total. The zero-order chi connectivity index (χ0) is 13.1. The lowest BCUT2D eigenvalue weighted by atomic mass is 10.1. The number of amides is 1. The quantitative estimate of drug-likeness (QED) is 0.451. The Balaban J connectivity index is 2.21. The Morgan fingerprint density at radius 3 is 2.78 bits per heavy atom. The smallest absolute Gasteiger partial charge is 0.257 e. The second-order valence-corrected chi connectivity index (χ2v) is 4.41. The van der Waals surface area contributed by atoms with Gasteiger partial charge in [0.1, 0.15) is 10.4 Å². The normalized spacial score (nSPS) is 10.1. The highest BCUT2D eigenvalue weighted by molar-refractivity contribution is 9.10. The van der Waals surface area contributed by atoms with Crippen molar-refractivity contribution >= 4 is 33.2 Å². The van der Waals surface area contributed by atoms with Crippen LogP contribution in [0.2, 0.25) is 0 Å². The van der Waals surface area contributed by atoms with Crippen LogP contribution < -0.4 is 11.1 Å². The van der Waals surface area contributed by atoms with Gasteiger partial charge in [-0.05, 0) is 46.3 Å². The van der Waals surface area contributed by atoms with Crippen LogP contribution in [0.25, 0.3) is 0 Å². The number of carbonyl (C=O) groups is 1. The highest BCUT2D eigenvalue weighted by Crippen LogP contribution is 2.20. The fourth-order valence-corrected chi connectivity index (χ4v) is 1.62. The first-order chi connectivity index (χ1) is 8.56. The molecule has 1 amide bonds. The van der Waals surface area contributed by atoms with Crippen molar-refractivity contribution in [1.82, 2.24) is 4.98 Å². The summed E-state index contributed by atoms with van der Waals surface area (Å²) in [6.45, 7) is 0. The van der Waals surface area contributed by atoms with E-state index in [-0.39, 0.29) is 11.3 Å². The van der Waals surface area contributed by atoms with E-state index in [0.717, 1.165) is 0 Å². The number of benzene rings is 1. The molecule has 0 unspecified atom stereocenters. The van der Waals surface area contributed by atoms with E-state index >= 15 is 0 Å². The summed E-state index contributed by atoms with van der Waals surface area (Å²) in [6.07, 6.45) is 1.51. The van der Waals surface area contributed by atoms with Crippen molar-refractivity contribution < 1.29 is 9.90 Å². The summed E-state index contributed by atoms with van der Waals surface area (Å²) in [5.74, 6) is -0.407. The van der Waals surface area contributed by atoms with Crippen LogP contribution in [-0.4, -0.2) is 16.0 Å². The molecule has 0 atom stereocenters. The van der Waals surface area contributed by atoms with Crippen LogP contribution in [-0.2, 0) is 0 Å². The molecule has 2 rings (SSSR count). The minimum absolute atomic E-state index is 0.0109. The molecular formula is C12H10BrN3O2. The largest absolute Gasteiger partial charge is 0.508 e. The lowest BCUT2D eigenvalue weighted by molar-refractivity contribution is 0.102. The molecule has 0 saturated carbocycles. The number of halogens is 1. The van der Waals surface area contributed by atoms with Gasteiger partial charge in [-0.2, -0.15) is 0 Å². The number of nitrogens with one attached hydrogen (secondary N) is 1. The molecule has 1 aromatic carbocycles. The lowest BCUT2D eigenvalue weighted by Crippen LogP contribution is -2.14. The number of pyridine rings is 1. The van der Waals surface area contributed by atoms with E-state index in [4.69, 9.17) is 5.73 Å². The molecule has 0 aliphatic heterocycles. The summed E-state index contributed by atoms with van der Waals surface area (Å²) < 4.78 is 0.678. The Hall–Kier alpha value is -2.08. The number of hydrogen-bond donors (Lipinski definition) is 3. The Bertz CT molecular complexity index is 584. The molecule has 0 bridgehead atoms. The minimum Gasteiger partial charge on any atom is -0.508 e. The van der Waals surface area contributed by atoms with Crippen LogP contribution in [0, 0.1) is 0 Å². The van der Waals surface area contributed by atoms with Crippen LogP contribution in [0.4, 0.5) is 11.4 Å². The van der Waals surface area contributed by atoms with Crippen LogP contribution in [0.15, 0.2) is 41.1 Å². The molecular weight excluding hydrogens is 298 g/mol. The third kappa shape index (κ3) is 2.78. The predicted molar refractivity (Wildman–Crippen MR) is 72.4 cm³/mol. The molecule has 0 aliphatic rings. The average molecular weight is 308 g/mol. The van der Waals surface area contributed by atoms with Crippen molar-refractivity contribution in [2.45, 2.75) is 0 Å². The van der Waals surface area contributed by atoms with Gasteiger partial charge in [0.25, 0.3) is 5.91 Å². The molecule has 0 saturated heterocycles. The molecule has 0 radical (unpaired) electrons. The van der Waals surface area contributed by atoms with E-state index in [9.17, 15) is 9.90 Å². The molecule has 18 heavy (non-hydrogen) atoms. The number of phenolic OH excluding ortho intramolecular Hbond substituents is 1. The Kier molecular flexibility index (Phi) is 3.47. The van der Waals surface area contributed by atoms with Gasteiger partial charge in [0.05, 0.1) is 17.4 Å². The number of phenols is 1. The number of anilines is 2. The van der Waals surface area contributed by atoms with Crippen LogP contribution >= 0.6 is 15.9 Å². The zero-order valence-corrected chi connectivity index (χ0v) is 10.8. The molecule has 6 heteroatoms. The number of nitrogens with zero attached hydrogens (tertiary/aromatic N) is 1. The SMILES string of the molecule is Nc1ccc(O)cc1C(=O)Nc1ccc(Br)nc1. The number of aromatic nitrogens is 1. The maximum Gasteiger partial charge on any atom is 0.257 e. The monoisotopic (exact) mass is 307 g/mol. The highest BCUT2D eigenvalue weighted by Gasteiger charge is 2.11. The molecule has 0 fully saturated rings. The second-order valence-electron chi connectivity index (χ2n) is 3.60. The zero-order valence-electron chi connectivity index (χ0n) is 9.22. The highest BCUT2D eigenvalue weighted by atomic mass is 79.9. The van der Waals surface area contributed by atoms with Gasteiger partial charge in [-0.3, -0.25) is 4.79 Å². The molecule has 1 aromatic heterocycles. The number of hydrogen-bond acceptors (Lipinski definition) is 4. The van der Waals surface area contributed by atoms with Gasteiger partial charge in [-0.1, -0.05) is 0 Å². The fourth-order valence-electron chi connectivity index (χ4n) is 1.39. The fraction of sp³-hybridized carbons (Fsp3) is 0. The van der Waals surface area contributed by atoms with Gasteiger partial charge in [-0.15, -0.1) is 0 Å². The maximum atomic E-state index is 11.9. The summed E-state index contributed by atoms with van der Waals surface area (Å²) in [5.41, 5.74) is 6.74. The maximum absolute atomic E-state index is 11.9. The Morgan fingerprint density at radius 2 is 2.11 bits per heavy atom. The third-order valence-corrected chi connectivity index (χ3v) is 2.74. The van der Waals surface area contributed by atoms with Crippen LogP contribution in [0.5, 0.6) is 5.75 Å². The molecule has 92 valence electrons. The average Bonchev–Trinajstić information content (AvgIpc) is 2.35. The van der Waals surface area contributed by atoms with E-state index < -0.39 is 5.91 Å².